The molecule has 2 aliphatic heterocycles. The van der Waals surface area contributed by atoms with Crippen molar-refractivity contribution in [2.75, 3.05) is 30.9 Å². The maximum atomic E-state index is 15.0. The van der Waals surface area contributed by atoms with E-state index in [0.29, 0.717) is 52.6 Å². The highest BCUT2D eigenvalue weighted by molar-refractivity contribution is 7.99. The van der Waals surface area contributed by atoms with Crippen molar-refractivity contribution < 1.29 is 13.5 Å². The first-order valence-electron chi connectivity index (χ1n) is 11.3. The van der Waals surface area contributed by atoms with Gasteiger partial charge in [-0.05, 0) is 26.0 Å². The van der Waals surface area contributed by atoms with E-state index in [1.165, 1.54) is 17.8 Å². The van der Waals surface area contributed by atoms with E-state index in [-0.39, 0.29) is 33.8 Å². The lowest BCUT2D eigenvalue weighted by molar-refractivity contribution is 0.107. The third-order valence-corrected chi connectivity index (χ3v) is 8.23. The summed E-state index contributed by atoms with van der Waals surface area (Å²) in [7, 11) is 1.59. The Morgan fingerprint density at radius 2 is 1.80 bits per heavy atom. The molecule has 2 aliphatic rings. The average molecular weight is 541 g/mol. The Hall–Kier alpha value is -1.91. The van der Waals surface area contributed by atoms with Crippen LogP contribution in [-0.2, 0) is 11.3 Å². The van der Waals surface area contributed by atoms with E-state index in [1.807, 2.05) is 0 Å². The molecular weight excluding hydrogens is 517 g/mol. The second-order valence-electron chi connectivity index (χ2n) is 9.08. The zero-order chi connectivity index (χ0) is 25.0. The summed E-state index contributed by atoms with van der Waals surface area (Å²) in [6.45, 7) is 5.79. The van der Waals surface area contributed by atoms with Gasteiger partial charge in [0.2, 0.25) is 0 Å². The van der Waals surface area contributed by atoms with Gasteiger partial charge in [0, 0.05) is 65.5 Å². The molecule has 35 heavy (non-hydrogen) atoms. The highest BCUT2D eigenvalue weighted by Gasteiger charge is 2.30. The molecule has 1 N–H and O–H groups in total. The second kappa shape index (κ2) is 9.52. The van der Waals surface area contributed by atoms with Crippen molar-refractivity contribution in [3.8, 4) is 11.1 Å². The molecule has 3 heterocycles. The van der Waals surface area contributed by atoms with Crippen molar-refractivity contribution in [3.05, 3.63) is 50.4 Å². The molecule has 0 radical (unpaired) electrons. The molecule has 11 heteroatoms. The Labute approximate surface area is 215 Å². The zero-order valence-electron chi connectivity index (χ0n) is 19.4. The van der Waals surface area contributed by atoms with Crippen LogP contribution in [0.1, 0.15) is 13.8 Å². The predicted octanol–water partition coefficient (Wildman–Crippen LogP) is 4.96. The lowest BCUT2D eigenvalue weighted by Gasteiger charge is -2.37. The number of ether oxygens (including phenoxy) is 1. The number of halogens is 4. The lowest BCUT2D eigenvalue weighted by atomic mass is 10.0. The van der Waals surface area contributed by atoms with Crippen LogP contribution in [0.2, 0.25) is 10.0 Å². The number of aromatic nitrogens is 2. The molecule has 1 saturated heterocycles. The van der Waals surface area contributed by atoms with Gasteiger partial charge in [-0.15, -0.1) is 11.8 Å². The maximum Gasteiger partial charge on any atom is 0.350 e. The molecular formula is C24H24Cl2F2N4O2S. The number of thioether (sulfide) groups is 1. The SMILES string of the molecule is CO[C@@H]1CSc2c(-c3cc(Cl)c(F)cc3F)c(Cl)cc3c(N4C[C@@H](C)N[C@@H](C)C4)nc(=O)n(c23)C1. The lowest BCUT2D eigenvalue weighted by Crippen LogP contribution is -2.55. The standard InChI is InChI=1S/C24H24Cl2F2N4O2S/c1-11-7-31(8-12(2)29-11)23-15-5-17(26)20(14-4-16(25)19(28)6-18(14)27)22-21(15)32(24(33)30-23)9-13(34-3)10-35-22/h4-6,11-13,29H,7-10H2,1-3H3/t11-,12+,13-/m0/s1. The number of hydrogen-bond donors (Lipinski definition) is 1. The van der Waals surface area contributed by atoms with Gasteiger partial charge in [-0.1, -0.05) is 23.2 Å². The van der Waals surface area contributed by atoms with E-state index < -0.39 is 17.3 Å². The van der Waals surface area contributed by atoms with Crippen LogP contribution >= 0.6 is 35.0 Å². The van der Waals surface area contributed by atoms with Gasteiger partial charge in [0.1, 0.15) is 17.5 Å². The van der Waals surface area contributed by atoms with Crippen molar-refractivity contribution in [2.24, 2.45) is 0 Å². The van der Waals surface area contributed by atoms with E-state index in [1.54, 1.807) is 17.7 Å². The van der Waals surface area contributed by atoms with Crippen LogP contribution in [0.15, 0.2) is 27.9 Å². The number of rotatable bonds is 3. The molecule has 0 bridgehead atoms. The molecule has 186 valence electrons. The molecule has 1 aromatic heterocycles. The van der Waals surface area contributed by atoms with Gasteiger partial charge in [-0.2, -0.15) is 4.98 Å². The summed E-state index contributed by atoms with van der Waals surface area (Å²) in [5.74, 6) is -0.586. The van der Waals surface area contributed by atoms with E-state index in [4.69, 9.17) is 27.9 Å². The third kappa shape index (κ3) is 4.42. The quantitative estimate of drug-likeness (QED) is 0.474. The Balaban J connectivity index is 1.84. The van der Waals surface area contributed by atoms with Crippen molar-refractivity contribution in [1.29, 1.82) is 0 Å². The molecule has 3 atom stereocenters. The Morgan fingerprint density at radius 1 is 1.09 bits per heavy atom. The maximum absolute atomic E-state index is 15.0. The van der Waals surface area contributed by atoms with E-state index in [0.717, 1.165) is 6.07 Å². The number of hydrogen-bond acceptors (Lipinski definition) is 6. The van der Waals surface area contributed by atoms with Crippen LogP contribution < -0.4 is 15.9 Å². The van der Waals surface area contributed by atoms with Crippen LogP contribution in [0.25, 0.3) is 22.0 Å². The highest BCUT2D eigenvalue weighted by atomic mass is 35.5. The number of nitrogens with zero attached hydrogens (tertiary/aromatic N) is 3. The molecule has 2 aromatic carbocycles. The summed E-state index contributed by atoms with van der Waals surface area (Å²) in [6, 6.07) is 4.10. The summed E-state index contributed by atoms with van der Waals surface area (Å²) < 4.78 is 36.1. The first-order valence-corrected chi connectivity index (χ1v) is 13.0. The first-order chi connectivity index (χ1) is 16.7. The fourth-order valence-electron chi connectivity index (χ4n) is 4.95. The number of piperazine rings is 1. The normalized spacial score (nSPS) is 22.5. The average Bonchev–Trinajstić information content (AvgIpc) is 2.99. The molecule has 6 nitrogen and oxygen atoms in total. The van der Waals surface area contributed by atoms with Crippen LogP contribution in [0.5, 0.6) is 0 Å². The van der Waals surface area contributed by atoms with E-state index in [2.05, 4.69) is 29.0 Å². The third-order valence-electron chi connectivity index (χ3n) is 6.42. The van der Waals surface area contributed by atoms with Gasteiger partial charge in [-0.3, -0.25) is 4.57 Å². The van der Waals surface area contributed by atoms with Crippen molar-refractivity contribution >= 4 is 51.7 Å². The first kappa shape index (κ1) is 24.8. The molecule has 0 unspecified atom stereocenters. The number of anilines is 1. The highest BCUT2D eigenvalue weighted by Crippen LogP contribution is 2.46. The van der Waals surface area contributed by atoms with Crippen molar-refractivity contribution in [1.82, 2.24) is 14.9 Å². The minimum absolute atomic E-state index is 0.0726. The number of benzene rings is 2. The summed E-state index contributed by atoms with van der Waals surface area (Å²) in [6.07, 6.45) is -0.270. The summed E-state index contributed by atoms with van der Waals surface area (Å²) in [5, 5.41) is 4.24. The van der Waals surface area contributed by atoms with Crippen molar-refractivity contribution in [3.63, 3.8) is 0 Å². The van der Waals surface area contributed by atoms with Gasteiger partial charge in [0.15, 0.2) is 0 Å². The van der Waals surface area contributed by atoms with Crippen molar-refractivity contribution in [2.45, 2.75) is 43.5 Å². The van der Waals surface area contributed by atoms with Gasteiger partial charge >= 0.3 is 5.69 Å². The minimum atomic E-state index is -0.854. The summed E-state index contributed by atoms with van der Waals surface area (Å²) >= 11 is 14.2. The molecule has 3 aromatic rings. The smallest absolute Gasteiger partial charge is 0.350 e. The van der Waals surface area contributed by atoms with E-state index >= 15 is 4.39 Å². The van der Waals surface area contributed by atoms with Crippen LogP contribution in [0.4, 0.5) is 14.6 Å². The topological polar surface area (TPSA) is 59.4 Å². The van der Waals surface area contributed by atoms with Crippen LogP contribution in [-0.4, -0.2) is 53.7 Å². The fraction of sp³-hybridized carbons (Fsp3) is 0.417. The Kier molecular flexibility index (Phi) is 6.74. The molecule has 5 rings (SSSR count). The zero-order valence-corrected chi connectivity index (χ0v) is 21.7. The number of methoxy groups -OCH3 is 1. The molecule has 0 spiro atoms. The van der Waals surface area contributed by atoms with Gasteiger partial charge < -0.3 is 15.0 Å². The fourth-order valence-corrected chi connectivity index (χ4v) is 6.79. The number of nitrogens with one attached hydrogen (secondary N) is 1. The Bertz CT molecular complexity index is 1380. The van der Waals surface area contributed by atoms with E-state index in [9.17, 15) is 9.18 Å². The van der Waals surface area contributed by atoms with Crippen LogP contribution in [0.3, 0.4) is 0 Å². The molecule has 0 aliphatic carbocycles. The Morgan fingerprint density at radius 3 is 2.49 bits per heavy atom. The summed E-state index contributed by atoms with van der Waals surface area (Å²) in [4.78, 5) is 20.5. The monoisotopic (exact) mass is 540 g/mol. The minimum Gasteiger partial charge on any atom is -0.379 e. The van der Waals surface area contributed by atoms with Crippen LogP contribution in [0, 0.1) is 11.6 Å². The molecule has 0 saturated carbocycles. The van der Waals surface area contributed by atoms with Gasteiger partial charge in [-0.25, -0.2) is 13.6 Å². The molecule has 1 fully saturated rings. The largest absolute Gasteiger partial charge is 0.379 e. The van der Waals surface area contributed by atoms with Gasteiger partial charge in [0.05, 0.1) is 28.2 Å². The summed E-state index contributed by atoms with van der Waals surface area (Å²) in [5.41, 5.74) is 0.641. The predicted molar refractivity (Wildman–Crippen MR) is 137 cm³/mol. The van der Waals surface area contributed by atoms with Gasteiger partial charge in [0.25, 0.3) is 0 Å². The second-order valence-corrected chi connectivity index (χ2v) is 10.9. The molecule has 0 amide bonds.